The van der Waals surface area contributed by atoms with Gasteiger partial charge in [-0.05, 0) is 55.0 Å². The minimum absolute atomic E-state index is 0.364. The average Bonchev–Trinajstić information content (AvgIpc) is 2.65. The quantitative estimate of drug-likeness (QED) is 0.421. The third-order valence-electron chi connectivity index (χ3n) is 3.69. The van der Waals surface area contributed by atoms with Crippen LogP contribution in [-0.2, 0) is 15.7 Å². The highest BCUT2D eigenvalue weighted by atomic mass is 19.4. The van der Waals surface area contributed by atoms with Crippen molar-refractivity contribution >= 4 is 17.8 Å². The highest BCUT2D eigenvalue weighted by Crippen LogP contribution is 2.29. The summed E-state index contributed by atoms with van der Waals surface area (Å²) in [5, 5.41) is 0. The minimum atomic E-state index is -4.42. The Morgan fingerprint density at radius 3 is 2.11 bits per heavy atom. The van der Waals surface area contributed by atoms with Crippen molar-refractivity contribution in [3.8, 4) is 5.75 Å². The molecule has 0 amide bonds. The summed E-state index contributed by atoms with van der Waals surface area (Å²) in [6.07, 6.45) is -3.06. The fourth-order valence-corrected chi connectivity index (χ4v) is 2.20. The Kier molecular flexibility index (Phi) is 6.39. The molecule has 2 aromatic rings. The van der Waals surface area contributed by atoms with Gasteiger partial charge in [-0.15, -0.1) is 0 Å². The van der Waals surface area contributed by atoms with Gasteiger partial charge in [0.05, 0.1) is 12.7 Å². The first-order chi connectivity index (χ1) is 12.7. The second-order valence-electron chi connectivity index (χ2n) is 5.62. The molecule has 0 bridgehead atoms. The number of hydrogen-bond acceptors (Lipinski definition) is 4. The Labute approximate surface area is 154 Å². The number of ether oxygens (including phenoxy) is 2. The molecular weight excluding hydrogens is 361 g/mol. The maximum atomic E-state index is 12.5. The lowest BCUT2D eigenvalue weighted by atomic mass is 10.1. The second-order valence-corrected chi connectivity index (χ2v) is 5.62. The van der Waals surface area contributed by atoms with Crippen molar-refractivity contribution in [3.05, 3.63) is 71.3 Å². The summed E-state index contributed by atoms with van der Waals surface area (Å²) in [4.78, 5) is 24.1. The lowest BCUT2D eigenvalue weighted by molar-refractivity contribution is -0.140. The van der Waals surface area contributed by atoms with Crippen LogP contribution in [0.1, 0.15) is 28.4 Å². The molecule has 0 unspecified atom stereocenters. The van der Waals surface area contributed by atoms with Gasteiger partial charge in [0.1, 0.15) is 5.75 Å². The number of methoxy groups -OCH3 is 1. The molecule has 0 fully saturated rings. The number of Topliss-reactive ketones (excluding diaryl/α,β-unsaturated/α-hetero) is 1. The molecule has 0 aliphatic carbocycles. The van der Waals surface area contributed by atoms with E-state index in [1.54, 1.807) is 24.3 Å². The Balaban J connectivity index is 1.95. The first-order valence-corrected chi connectivity index (χ1v) is 7.95. The van der Waals surface area contributed by atoms with E-state index in [0.29, 0.717) is 16.9 Å². The molecule has 0 aliphatic rings. The third-order valence-corrected chi connectivity index (χ3v) is 3.69. The van der Waals surface area contributed by atoms with E-state index in [-0.39, 0.29) is 5.78 Å². The van der Waals surface area contributed by atoms with Gasteiger partial charge in [-0.2, -0.15) is 13.2 Å². The number of alkyl halides is 3. The molecule has 0 aromatic heterocycles. The highest BCUT2D eigenvalue weighted by molar-refractivity contribution is 6.01. The normalized spacial score (nSPS) is 12.6. The molecule has 0 N–H and O–H groups in total. The van der Waals surface area contributed by atoms with Crippen molar-refractivity contribution < 1.29 is 32.2 Å². The Morgan fingerprint density at radius 2 is 1.59 bits per heavy atom. The van der Waals surface area contributed by atoms with Crippen molar-refractivity contribution in [3.63, 3.8) is 0 Å². The summed E-state index contributed by atoms with van der Waals surface area (Å²) in [7, 11) is 1.50. The number of halogens is 3. The molecule has 1 atom stereocenters. The predicted octanol–water partition coefficient (Wildman–Crippen LogP) is 4.54. The van der Waals surface area contributed by atoms with Gasteiger partial charge in [0.15, 0.2) is 6.10 Å². The number of rotatable bonds is 6. The van der Waals surface area contributed by atoms with Crippen LogP contribution in [0.25, 0.3) is 6.08 Å². The van der Waals surface area contributed by atoms with E-state index >= 15 is 0 Å². The van der Waals surface area contributed by atoms with E-state index < -0.39 is 23.8 Å². The topological polar surface area (TPSA) is 52.6 Å². The molecule has 0 heterocycles. The van der Waals surface area contributed by atoms with Crippen LogP contribution in [0.15, 0.2) is 54.6 Å². The smallest absolute Gasteiger partial charge is 0.416 e. The Bertz CT molecular complexity index is 822. The zero-order valence-corrected chi connectivity index (χ0v) is 14.6. The van der Waals surface area contributed by atoms with Crippen LogP contribution in [0.4, 0.5) is 13.2 Å². The molecule has 4 nitrogen and oxygen atoms in total. The summed E-state index contributed by atoms with van der Waals surface area (Å²) in [6.45, 7) is 1.44. The fourth-order valence-electron chi connectivity index (χ4n) is 2.20. The van der Waals surface area contributed by atoms with Crippen LogP contribution in [0.3, 0.4) is 0 Å². The van der Waals surface area contributed by atoms with E-state index in [2.05, 4.69) is 0 Å². The van der Waals surface area contributed by atoms with E-state index in [0.717, 1.165) is 18.2 Å². The predicted molar refractivity (Wildman–Crippen MR) is 93.4 cm³/mol. The third kappa shape index (κ3) is 5.70. The van der Waals surface area contributed by atoms with Gasteiger partial charge in [0.2, 0.25) is 5.78 Å². The monoisotopic (exact) mass is 378 g/mol. The number of hydrogen-bond donors (Lipinski definition) is 0. The van der Waals surface area contributed by atoms with Crippen LogP contribution < -0.4 is 4.74 Å². The van der Waals surface area contributed by atoms with Crippen LogP contribution in [-0.4, -0.2) is 25.0 Å². The second kappa shape index (κ2) is 8.53. The number of ketones is 1. The maximum absolute atomic E-state index is 12.5. The van der Waals surface area contributed by atoms with Gasteiger partial charge in [-0.25, -0.2) is 4.79 Å². The zero-order valence-electron chi connectivity index (χ0n) is 14.6. The molecular formula is C20H17F3O4. The van der Waals surface area contributed by atoms with Crippen LogP contribution in [0, 0.1) is 0 Å². The standard InChI is InChI=1S/C20H17F3O4/c1-13(19(25)15-6-10-17(26-2)11-7-15)27-18(24)12-5-14-3-8-16(9-4-14)20(21,22)23/h3-13H,1-2H3/b12-5+/t13-/m0/s1. The van der Waals surface area contributed by atoms with Crippen LogP contribution >= 0.6 is 0 Å². The van der Waals surface area contributed by atoms with Gasteiger partial charge >= 0.3 is 12.1 Å². The lowest BCUT2D eigenvalue weighted by Gasteiger charge is -2.11. The first kappa shape index (κ1) is 20.2. The first-order valence-electron chi connectivity index (χ1n) is 7.95. The average molecular weight is 378 g/mol. The molecule has 0 radical (unpaired) electrons. The summed E-state index contributed by atoms with van der Waals surface area (Å²) in [5.74, 6) is -0.561. The van der Waals surface area contributed by atoms with E-state index in [1.807, 2.05) is 0 Å². The van der Waals surface area contributed by atoms with Gasteiger partial charge in [0, 0.05) is 11.6 Å². The van der Waals surface area contributed by atoms with Crippen molar-refractivity contribution in [2.45, 2.75) is 19.2 Å². The molecule has 2 rings (SSSR count). The minimum Gasteiger partial charge on any atom is -0.497 e. The van der Waals surface area contributed by atoms with Crippen molar-refractivity contribution in [2.24, 2.45) is 0 Å². The molecule has 0 saturated heterocycles. The van der Waals surface area contributed by atoms with Crippen molar-refractivity contribution in [1.82, 2.24) is 0 Å². The Morgan fingerprint density at radius 1 is 1.00 bits per heavy atom. The van der Waals surface area contributed by atoms with Gasteiger partial charge in [-0.3, -0.25) is 4.79 Å². The molecule has 142 valence electrons. The number of carbonyl (C=O) groups is 2. The molecule has 0 spiro atoms. The fraction of sp³-hybridized carbons (Fsp3) is 0.200. The van der Waals surface area contributed by atoms with E-state index in [1.165, 1.54) is 32.2 Å². The number of benzene rings is 2. The van der Waals surface area contributed by atoms with Crippen LogP contribution in [0.5, 0.6) is 5.75 Å². The van der Waals surface area contributed by atoms with Gasteiger partial charge in [-0.1, -0.05) is 12.1 Å². The summed E-state index contributed by atoms with van der Waals surface area (Å²) < 4.78 is 47.6. The molecule has 27 heavy (non-hydrogen) atoms. The largest absolute Gasteiger partial charge is 0.497 e. The van der Waals surface area contributed by atoms with Crippen molar-refractivity contribution in [2.75, 3.05) is 7.11 Å². The molecule has 7 heteroatoms. The Hall–Kier alpha value is -3.09. The zero-order chi connectivity index (χ0) is 20.0. The van der Waals surface area contributed by atoms with Crippen molar-refractivity contribution in [1.29, 1.82) is 0 Å². The van der Waals surface area contributed by atoms with Gasteiger partial charge < -0.3 is 9.47 Å². The number of carbonyl (C=O) groups excluding carboxylic acids is 2. The van der Waals surface area contributed by atoms with Gasteiger partial charge in [0.25, 0.3) is 0 Å². The maximum Gasteiger partial charge on any atom is 0.416 e. The molecule has 0 aliphatic heterocycles. The number of esters is 1. The summed E-state index contributed by atoms with van der Waals surface area (Å²) >= 11 is 0. The lowest BCUT2D eigenvalue weighted by Crippen LogP contribution is -2.23. The highest BCUT2D eigenvalue weighted by Gasteiger charge is 2.29. The molecule has 2 aromatic carbocycles. The van der Waals surface area contributed by atoms with E-state index in [4.69, 9.17) is 9.47 Å². The summed E-state index contributed by atoms with van der Waals surface area (Å²) in [6, 6.07) is 10.7. The summed E-state index contributed by atoms with van der Waals surface area (Å²) in [5.41, 5.74) is -0.0159. The molecule has 0 saturated carbocycles. The SMILES string of the molecule is COc1ccc(C(=O)[C@H](C)OC(=O)/C=C/c2ccc(C(F)(F)F)cc2)cc1. The van der Waals surface area contributed by atoms with Crippen LogP contribution in [0.2, 0.25) is 0 Å². The van der Waals surface area contributed by atoms with E-state index in [9.17, 15) is 22.8 Å².